The largest absolute Gasteiger partial charge is 0.486 e. The number of urea groups is 1. The first kappa shape index (κ1) is 18.0. The number of carbonyl (C=O) groups is 1. The zero-order valence-corrected chi connectivity index (χ0v) is 15.0. The van der Waals surface area contributed by atoms with E-state index >= 15 is 0 Å². The minimum Gasteiger partial charge on any atom is -0.486 e. The number of halogens is 1. The van der Waals surface area contributed by atoms with Crippen molar-refractivity contribution >= 4 is 6.03 Å². The number of amides is 2. The second-order valence-corrected chi connectivity index (χ2v) is 6.87. The van der Waals surface area contributed by atoms with Gasteiger partial charge < -0.3 is 20.1 Å². The fraction of sp³-hybridized carbons (Fsp3) is 0.350. The molecule has 0 aromatic heterocycles. The Morgan fingerprint density at radius 2 is 1.81 bits per heavy atom. The summed E-state index contributed by atoms with van der Waals surface area (Å²) in [6.45, 7) is 5.73. The van der Waals surface area contributed by atoms with E-state index < -0.39 is 0 Å². The topological polar surface area (TPSA) is 59.6 Å². The Morgan fingerprint density at radius 3 is 2.58 bits per heavy atom. The molecular weight excluding hydrogens is 335 g/mol. The normalized spacial score (nSPS) is 13.2. The lowest BCUT2D eigenvalue weighted by Gasteiger charge is -2.28. The number of carbonyl (C=O) groups excluding carboxylic acids is 1. The van der Waals surface area contributed by atoms with Gasteiger partial charge in [0.25, 0.3) is 0 Å². The highest BCUT2D eigenvalue weighted by molar-refractivity contribution is 5.74. The lowest BCUT2D eigenvalue weighted by molar-refractivity contribution is 0.171. The third-order valence-corrected chi connectivity index (χ3v) is 4.41. The van der Waals surface area contributed by atoms with E-state index in [2.05, 4.69) is 10.6 Å². The minimum atomic E-state index is -0.334. The number of nitrogens with one attached hydrogen (secondary N) is 2. The fourth-order valence-corrected chi connectivity index (χ4v) is 2.75. The van der Waals surface area contributed by atoms with Crippen LogP contribution in [0.15, 0.2) is 42.5 Å². The molecule has 1 aliphatic heterocycles. The molecule has 0 radical (unpaired) electrons. The summed E-state index contributed by atoms with van der Waals surface area (Å²) in [6.07, 6.45) is 0. The highest BCUT2D eigenvalue weighted by Crippen LogP contribution is 2.34. The van der Waals surface area contributed by atoms with Gasteiger partial charge in [-0.15, -0.1) is 0 Å². The Bertz CT molecular complexity index is 792. The van der Waals surface area contributed by atoms with E-state index in [1.807, 2.05) is 32.0 Å². The number of ether oxygens (including phenoxy) is 2. The molecule has 0 saturated carbocycles. The van der Waals surface area contributed by atoms with Crippen LogP contribution in [0.1, 0.15) is 25.0 Å². The van der Waals surface area contributed by atoms with Gasteiger partial charge in [-0.2, -0.15) is 0 Å². The summed E-state index contributed by atoms with van der Waals surface area (Å²) in [5, 5.41) is 5.53. The lowest BCUT2D eigenvalue weighted by Crippen LogP contribution is -2.42. The first-order valence-corrected chi connectivity index (χ1v) is 8.61. The second kappa shape index (κ2) is 7.64. The molecule has 0 fully saturated rings. The Labute approximate surface area is 152 Å². The quantitative estimate of drug-likeness (QED) is 0.861. The van der Waals surface area contributed by atoms with Crippen LogP contribution in [0.4, 0.5) is 9.18 Å². The Hall–Kier alpha value is -2.76. The van der Waals surface area contributed by atoms with E-state index in [0.29, 0.717) is 25.3 Å². The fourth-order valence-electron chi connectivity index (χ4n) is 2.75. The molecular formula is C20H23FN2O3. The summed E-state index contributed by atoms with van der Waals surface area (Å²) in [5.74, 6) is 1.14. The molecule has 5 nitrogen and oxygen atoms in total. The van der Waals surface area contributed by atoms with Crippen molar-refractivity contribution in [3.63, 3.8) is 0 Å². The van der Waals surface area contributed by atoms with Gasteiger partial charge in [0.2, 0.25) is 0 Å². The summed E-state index contributed by atoms with van der Waals surface area (Å²) < 4.78 is 24.7. The first-order chi connectivity index (χ1) is 12.5. The molecule has 0 spiro atoms. The van der Waals surface area contributed by atoms with Crippen molar-refractivity contribution in [3.8, 4) is 11.5 Å². The maximum Gasteiger partial charge on any atom is 0.315 e. The summed E-state index contributed by atoms with van der Waals surface area (Å²) in [6, 6.07) is 11.9. The molecule has 0 aliphatic carbocycles. The number of fused-ring (bicyclic) bond motifs is 1. The van der Waals surface area contributed by atoms with Crippen LogP contribution in [0.2, 0.25) is 0 Å². The minimum absolute atomic E-state index is 0.142. The van der Waals surface area contributed by atoms with Crippen LogP contribution in [0, 0.1) is 5.82 Å². The van der Waals surface area contributed by atoms with E-state index in [9.17, 15) is 9.18 Å². The molecule has 2 aromatic rings. The second-order valence-electron chi connectivity index (χ2n) is 6.87. The maximum absolute atomic E-state index is 13.6. The Morgan fingerprint density at radius 1 is 1.08 bits per heavy atom. The molecule has 0 unspecified atom stereocenters. The highest BCUT2D eigenvalue weighted by atomic mass is 19.1. The predicted octanol–water partition coefficient (Wildman–Crippen LogP) is 3.37. The zero-order valence-electron chi connectivity index (χ0n) is 15.0. The summed E-state index contributed by atoms with van der Waals surface area (Å²) in [4.78, 5) is 12.0. The maximum atomic E-state index is 13.6. The zero-order chi connectivity index (χ0) is 18.6. The van der Waals surface area contributed by atoms with E-state index in [4.69, 9.17) is 9.47 Å². The molecule has 138 valence electrons. The molecule has 6 heteroatoms. The Kier molecular flexibility index (Phi) is 5.30. The molecule has 3 rings (SSSR count). The van der Waals surface area contributed by atoms with Crippen molar-refractivity contribution in [2.45, 2.75) is 25.8 Å². The van der Waals surface area contributed by atoms with Crippen molar-refractivity contribution in [2.24, 2.45) is 0 Å². The van der Waals surface area contributed by atoms with E-state index in [-0.39, 0.29) is 23.8 Å². The molecule has 2 aromatic carbocycles. The van der Waals surface area contributed by atoms with Crippen LogP contribution in [-0.4, -0.2) is 25.8 Å². The third-order valence-electron chi connectivity index (χ3n) is 4.41. The predicted molar refractivity (Wildman–Crippen MR) is 97.1 cm³/mol. The van der Waals surface area contributed by atoms with Gasteiger partial charge in [-0.05, 0) is 23.8 Å². The number of hydrogen-bond donors (Lipinski definition) is 2. The lowest BCUT2D eigenvalue weighted by atomic mass is 9.84. The molecule has 1 heterocycles. The molecule has 0 bridgehead atoms. The molecule has 26 heavy (non-hydrogen) atoms. The average molecular weight is 358 g/mol. The van der Waals surface area contributed by atoms with Crippen LogP contribution in [0.5, 0.6) is 11.5 Å². The van der Waals surface area contributed by atoms with Gasteiger partial charge in [0.05, 0.1) is 0 Å². The van der Waals surface area contributed by atoms with Gasteiger partial charge in [-0.25, -0.2) is 9.18 Å². The van der Waals surface area contributed by atoms with Crippen LogP contribution in [-0.2, 0) is 12.0 Å². The molecule has 0 atom stereocenters. The third kappa shape index (κ3) is 4.25. The van der Waals surface area contributed by atoms with Crippen molar-refractivity contribution in [2.75, 3.05) is 19.8 Å². The van der Waals surface area contributed by atoms with Gasteiger partial charge >= 0.3 is 6.03 Å². The number of hydrogen-bond acceptors (Lipinski definition) is 3. The van der Waals surface area contributed by atoms with Crippen LogP contribution < -0.4 is 20.1 Å². The first-order valence-electron chi connectivity index (χ1n) is 8.61. The van der Waals surface area contributed by atoms with Gasteiger partial charge in [0, 0.05) is 24.1 Å². The SMILES string of the molecule is CC(C)(CNC(=O)NCc1ccccc1F)c1ccc2c(c1)OCCO2. The van der Waals surface area contributed by atoms with Crippen molar-refractivity contribution < 1.29 is 18.7 Å². The van der Waals surface area contributed by atoms with E-state index in [0.717, 1.165) is 17.1 Å². The molecule has 1 aliphatic rings. The van der Waals surface area contributed by atoms with Gasteiger partial charge in [-0.1, -0.05) is 38.1 Å². The van der Waals surface area contributed by atoms with Gasteiger partial charge in [-0.3, -0.25) is 0 Å². The molecule has 2 N–H and O–H groups in total. The van der Waals surface area contributed by atoms with Crippen molar-refractivity contribution in [1.82, 2.24) is 10.6 Å². The van der Waals surface area contributed by atoms with E-state index in [1.165, 1.54) is 6.07 Å². The standard InChI is InChI=1S/C20H23FN2O3/c1-20(2,15-7-8-17-18(11-15)26-10-9-25-17)13-23-19(24)22-12-14-5-3-4-6-16(14)21/h3-8,11H,9-10,12-13H2,1-2H3,(H2,22,23,24). The van der Waals surface area contributed by atoms with E-state index in [1.54, 1.807) is 18.2 Å². The van der Waals surface area contributed by atoms with Crippen molar-refractivity contribution in [3.05, 3.63) is 59.4 Å². The summed E-state index contributed by atoms with van der Waals surface area (Å²) in [7, 11) is 0. The van der Waals surface area contributed by atoms with Gasteiger partial charge in [0.15, 0.2) is 11.5 Å². The highest BCUT2D eigenvalue weighted by Gasteiger charge is 2.24. The number of benzene rings is 2. The summed E-state index contributed by atoms with van der Waals surface area (Å²) >= 11 is 0. The summed E-state index contributed by atoms with van der Waals surface area (Å²) in [5.41, 5.74) is 1.19. The average Bonchev–Trinajstić information content (AvgIpc) is 2.65. The Balaban J connectivity index is 1.56. The molecule has 0 saturated heterocycles. The van der Waals surface area contributed by atoms with Crippen LogP contribution >= 0.6 is 0 Å². The van der Waals surface area contributed by atoms with Crippen LogP contribution in [0.25, 0.3) is 0 Å². The van der Waals surface area contributed by atoms with Gasteiger partial charge in [0.1, 0.15) is 19.0 Å². The monoisotopic (exact) mass is 358 g/mol. The number of rotatable bonds is 5. The van der Waals surface area contributed by atoms with Crippen molar-refractivity contribution in [1.29, 1.82) is 0 Å². The smallest absolute Gasteiger partial charge is 0.315 e. The van der Waals surface area contributed by atoms with Crippen LogP contribution in [0.3, 0.4) is 0 Å². The molecule has 2 amide bonds.